The molecule has 112 valence electrons. The van der Waals surface area contributed by atoms with Gasteiger partial charge < -0.3 is 10.0 Å². The van der Waals surface area contributed by atoms with Crippen LogP contribution in [0.3, 0.4) is 0 Å². The number of nitrogens with zero attached hydrogens (tertiary/aromatic N) is 3. The average Bonchev–Trinajstić information content (AvgIpc) is 3.01. The summed E-state index contributed by atoms with van der Waals surface area (Å²) in [5.41, 5.74) is 1.59. The Kier molecular flexibility index (Phi) is 5.11. The first-order valence-corrected chi connectivity index (χ1v) is 7.12. The summed E-state index contributed by atoms with van der Waals surface area (Å²) in [6.07, 6.45) is 3.84. The van der Waals surface area contributed by atoms with Gasteiger partial charge in [-0.2, -0.15) is 5.10 Å². The Bertz CT molecular complexity index is 580. The van der Waals surface area contributed by atoms with Crippen LogP contribution in [0.4, 0.5) is 0 Å². The number of aromatic nitrogens is 2. The van der Waals surface area contributed by atoms with E-state index in [1.54, 1.807) is 29.0 Å². The predicted octanol–water partition coefficient (Wildman–Crippen LogP) is 2.10. The van der Waals surface area contributed by atoms with E-state index in [1.807, 2.05) is 37.3 Å². The lowest BCUT2D eigenvalue weighted by atomic mass is 10.0. The molecule has 1 unspecified atom stereocenters. The number of amides is 1. The van der Waals surface area contributed by atoms with Gasteiger partial charge in [-0.05, 0) is 18.9 Å². The van der Waals surface area contributed by atoms with Gasteiger partial charge in [0.25, 0.3) is 5.91 Å². The molecule has 1 N–H and O–H groups in total. The van der Waals surface area contributed by atoms with E-state index >= 15 is 0 Å². The number of hydrogen-bond donors (Lipinski definition) is 1. The molecule has 1 atom stereocenters. The number of aryl methyl sites for hydroxylation is 1. The molecule has 0 aliphatic carbocycles. The minimum atomic E-state index is -0.145. The summed E-state index contributed by atoms with van der Waals surface area (Å²) in [5.74, 6) is -0.0861. The quantitative estimate of drug-likeness (QED) is 0.885. The minimum absolute atomic E-state index is 0.0331. The largest absolute Gasteiger partial charge is 0.396 e. The summed E-state index contributed by atoms with van der Waals surface area (Å²) in [6.45, 7) is 2.74. The lowest BCUT2D eigenvalue weighted by molar-refractivity contribution is 0.0705. The van der Waals surface area contributed by atoms with Crippen LogP contribution < -0.4 is 0 Å². The lowest BCUT2D eigenvalue weighted by Gasteiger charge is -2.28. The average molecular weight is 287 g/mol. The Morgan fingerprint density at radius 1 is 1.38 bits per heavy atom. The van der Waals surface area contributed by atoms with E-state index in [-0.39, 0.29) is 18.6 Å². The van der Waals surface area contributed by atoms with Crippen molar-refractivity contribution in [2.45, 2.75) is 25.9 Å². The first-order valence-electron chi connectivity index (χ1n) is 7.12. The van der Waals surface area contributed by atoms with Crippen molar-refractivity contribution in [3.8, 4) is 0 Å². The Hall–Kier alpha value is -2.14. The number of hydrogen-bond acceptors (Lipinski definition) is 3. The van der Waals surface area contributed by atoms with Crippen LogP contribution in [0.2, 0.25) is 0 Å². The standard InChI is InChI=1S/C16H21N3O2/c1-3-19-12-14(11-17-19)16(21)18(2)15(9-10-20)13-7-5-4-6-8-13/h4-8,11-12,15,20H,3,9-10H2,1-2H3. The fourth-order valence-electron chi connectivity index (χ4n) is 2.37. The first-order chi connectivity index (χ1) is 10.2. The van der Waals surface area contributed by atoms with E-state index in [4.69, 9.17) is 0 Å². The van der Waals surface area contributed by atoms with Crippen molar-refractivity contribution >= 4 is 5.91 Å². The molecular formula is C16H21N3O2. The molecule has 0 radical (unpaired) electrons. The van der Waals surface area contributed by atoms with Gasteiger partial charge in [-0.25, -0.2) is 0 Å². The second-order valence-electron chi connectivity index (χ2n) is 4.94. The summed E-state index contributed by atoms with van der Waals surface area (Å²) in [6, 6.07) is 9.61. The molecule has 5 nitrogen and oxygen atoms in total. The van der Waals surface area contributed by atoms with Crippen LogP contribution in [0.1, 0.15) is 35.3 Å². The monoisotopic (exact) mass is 287 g/mol. The van der Waals surface area contributed by atoms with Crippen molar-refractivity contribution in [2.24, 2.45) is 0 Å². The van der Waals surface area contributed by atoms with Crippen molar-refractivity contribution < 1.29 is 9.90 Å². The molecule has 1 aromatic heterocycles. The highest BCUT2D eigenvalue weighted by Gasteiger charge is 2.23. The predicted molar refractivity (Wildman–Crippen MR) is 80.9 cm³/mol. The molecule has 2 aromatic rings. The second-order valence-corrected chi connectivity index (χ2v) is 4.94. The molecule has 0 saturated carbocycles. The van der Waals surface area contributed by atoms with Crippen molar-refractivity contribution in [3.05, 3.63) is 53.9 Å². The second kappa shape index (κ2) is 7.04. The maximum atomic E-state index is 12.6. The number of carbonyl (C=O) groups excluding carboxylic acids is 1. The number of carbonyl (C=O) groups is 1. The summed E-state index contributed by atoms with van der Waals surface area (Å²) < 4.78 is 1.73. The summed E-state index contributed by atoms with van der Waals surface area (Å²) in [7, 11) is 1.76. The van der Waals surface area contributed by atoms with Gasteiger partial charge in [0.1, 0.15) is 0 Å². The van der Waals surface area contributed by atoms with Crippen molar-refractivity contribution in [2.75, 3.05) is 13.7 Å². The third kappa shape index (κ3) is 3.49. The van der Waals surface area contributed by atoms with E-state index in [9.17, 15) is 9.90 Å². The molecule has 5 heteroatoms. The van der Waals surface area contributed by atoms with Gasteiger partial charge in [0, 0.05) is 26.4 Å². The zero-order valence-electron chi connectivity index (χ0n) is 12.4. The molecule has 0 fully saturated rings. The highest BCUT2D eigenvalue weighted by Crippen LogP contribution is 2.24. The van der Waals surface area contributed by atoms with Gasteiger partial charge in [0.15, 0.2) is 0 Å². The SMILES string of the molecule is CCn1cc(C(=O)N(C)C(CCO)c2ccccc2)cn1. The molecule has 1 heterocycles. The Morgan fingerprint density at radius 2 is 2.10 bits per heavy atom. The fourth-order valence-corrected chi connectivity index (χ4v) is 2.37. The van der Waals surface area contributed by atoms with Crippen molar-refractivity contribution in [3.63, 3.8) is 0 Å². The molecule has 0 bridgehead atoms. The smallest absolute Gasteiger partial charge is 0.257 e. The molecule has 2 rings (SSSR count). The first kappa shape index (κ1) is 15.3. The van der Waals surface area contributed by atoms with Gasteiger partial charge in [0.05, 0.1) is 17.8 Å². The van der Waals surface area contributed by atoms with E-state index in [1.165, 1.54) is 0 Å². The van der Waals surface area contributed by atoms with Gasteiger partial charge >= 0.3 is 0 Å². The Labute approximate surface area is 124 Å². The molecule has 21 heavy (non-hydrogen) atoms. The zero-order valence-corrected chi connectivity index (χ0v) is 12.4. The number of rotatable bonds is 6. The van der Waals surface area contributed by atoms with Gasteiger partial charge in [-0.1, -0.05) is 30.3 Å². The molecule has 1 amide bonds. The summed E-state index contributed by atoms with van der Waals surface area (Å²) >= 11 is 0. The van der Waals surface area contributed by atoms with Crippen LogP contribution in [-0.4, -0.2) is 39.3 Å². The zero-order chi connectivity index (χ0) is 15.2. The van der Waals surface area contributed by atoms with Gasteiger partial charge in [0.2, 0.25) is 0 Å². The van der Waals surface area contributed by atoms with Crippen molar-refractivity contribution in [1.29, 1.82) is 0 Å². The summed E-state index contributed by atoms with van der Waals surface area (Å²) in [5, 5.41) is 13.4. The Balaban J connectivity index is 2.21. The highest BCUT2D eigenvalue weighted by atomic mass is 16.3. The normalized spacial score (nSPS) is 12.1. The minimum Gasteiger partial charge on any atom is -0.396 e. The van der Waals surface area contributed by atoms with Crippen LogP contribution in [0.25, 0.3) is 0 Å². The van der Waals surface area contributed by atoms with Crippen molar-refractivity contribution in [1.82, 2.24) is 14.7 Å². The van der Waals surface area contributed by atoms with E-state index < -0.39 is 0 Å². The van der Waals surface area contributed by atoms with Crippen LogP contribution in [-0.2, 0) is 6.54 Å². The van der Waals surface area contributed by atoms with Crippen LogP contribution in [0, 0.1) is 0 Å². The van der Waals surface area contributed by atoms with Gasteiger partial charge in [-0.3, -0.25) is 9.48 Å². The van der Waals surface area contributed by atoms with Crippen LogP contribution in [0.5, 0.6) is 0 Å². The van der Waals surface area contributed by atoms with E-state index in [0.29, 0.717) is 12.0 Å². The maximum absolute atomic E-state index is 12.6. The van der Waals surface area contributed by atoms with Crippen LogP contribution in [0.15, 0.2) is 42.7 Å². The van der Waals surface area contributed by atoms with E-state index in [0.717, 1.165) is 12.1 Å². The van der Waals surface area contributed by atoms with E-state index in [2.05, 4.69) is 5.10 Å². The third-order valence-electron chi connectivity index (χ3n) is 3.58. The van der Waals surface area contributed by atoms with Gasteiger partial charge in [-0.15, -0.1) is 0 Å². The molecule has 0 saturated heterocycles. The molecule has 0 aliphatic heterocycles. The third-order valence-corrected chi connectivity index (χ3v) is 3.58. The molecule has 0 aliphatic rings. The lowest BCUT2D eigenvalue weighted by Crippen LogP contribution is -2.31. The van der Waals surface area contributed by atoms with Crippen LogP contribution >= 0.6 is 0 Å². The maximum Gasteiger partial charge on any atom is 0.257 e. The fraction of sp³-hybridized carbons (Fsp3) is 0.375. The summed E-state index contributed by atoms with van der Waals surface area (Å²) in [4.78, 5) is 14.2. The highest BCUT2D eigenvalue weighted by molar-refractivity contribution is 5.93. The number of benzene rings is 1. The molecular weight excluding hydrogens is 266 g/mol. The molecule has 1 aromatic carbocycles. The topological polar surface area (TPSA) is 58.4 Å². The number of aliphatic hydroxyl groups excluding tert-OH is 1. The Morgan fingerprint density at radius 3 is 2.67 bits per heavy atom. The molecule has 0 spiro atoms. The number of aliphatic hydroxyl groups is 1.